The Balaban J connectivity index is 1.44. The van der Waals surface area contributed by atoms with E-state index in [1.807, 2.05) is 0 Å². The van der Waals surface area contributed by atoms with Crippen LogP contribution in [0.15, 0.2) is 47.4 Å². The summed E-state index contributed by atoms with van der Waals surface area (Å²) in [6.07, 6.45) is 2.43. The molecule has 0 atom stereocenters. The second-order valence-electron chi connectivity index (χ2n) is 8.89. The Morgan fingerprint density at radius 1 is 1.11 bits per heavy atom. The molecule has 8 nitrogen and oxygen atoms in total. The first-order valence-corrected chi connectivity index (χ1v) is 13.1. The summed E-state index contributed by atoms with van der Waals surface area (Å²) >= 11 is 0. The number of hydrogen-bond donors (Lipinski definition) is 1. The third kappa shape index (κ3) is 5.24. The summed E-state index contributed by atoms with van der Waals surface area (Å²) in [4.78, 5) is 25.7. The van der Waals surface area contributed by atoms with Gasteiger partial charge in [0, 0.05) is 24.3 Å². The van der Waals surface area contributed by atoms with Crippen LogP contribution in [-0.4, -0.2) is 57.5 Å². The Kier molecular flexibility index (Phi) is 7.53. The summed E-state index contributed by atoms with van der Waals surface area (Å²) in [6, 6.07) is 10.7. The van der Waals surface area contributed by atoms with Gasteiger partial charge in [-0.05, 0) is 43.5 Å². The van der Waals surface area contributed by atoms with E-state index in [1.165, 1.54) is 16.4 Å². The molecule has 1 saturated carbocycles. The number of aryl methyl sites for hydroxylation is 1. The first-order chi connectivity index (χ1) is 16.7. The Morgan fingerprint density at radius 2 is 1.80 bits per heavy atom. The number of ether oxygens (including phenoxy) is 2. The highest BCUT2D eigenvalue weighted by atomic mass is 32.2. The lowest BCUT2D eigenvalue weighted by Crippen LogP contribution is -2.40. The second kappa shape index (κ2) is 10.4. The van der Waals surface area contributed by atoms with Gasteiger partial charge in [-0.3, -0.25) is 9.59 Å². The molecule has 2 aromatic rings. The summed E-state index contributed by atoms with van der Waals surface area (Å²) in [5, 5.41) is 2.60. The van der Waals surface area contributed by atoms with Crippen LogP contribution >= 0.6 is 0 Å². The third-order valence-corrected chi connectivity index (χ3v) is 8.67. The van der Waals surface area contributed by atoms with Gasteiger partial charge in [0.25, 0.3) is 5.91 Å². The molecule has 1 aliphatic heterocycles. The minimum atomic E-state index is -3.75. The van der Waals surface area contributed by atoms with Crippen molar-refractivity contribution >= 4 is 27.6 Å². The topological polar surface area (TPSA) is 102 Å². The number of sulfonamides is 1. The van der Waals surface area contributed by atoms with E-state index < -0.39 is 39.7 Å². The highest BCUT2D eigenvalue weighted by Crippen LogP contribution is 2.43. The van der Waals surface area contributed by atoms with Crippen LogP contribution in [0.3, 0.4) is 0 Å². The molecule has 0 bridgehead atoms. The van der Waals surface area contributed by atoms with Gasteiger partial charge in [-0.1, -0.05) is 37.1 Å². The van der Waals surface area contributed by atoms with Crippen LogP contribution in [0, 0.1) is 12.7 Å². The van der Waals surface area contributed by atoms with Gasteiger partial charge in [-0.25, -0.2) is 12.8 Å². The normalized spacial score (nSPS) is 18.2. The fourth-order valence-corrected chi connectivity index (χ4v) is 6.42. The number of nitrogens with zero attached hydrogens (tertiary/aromatic N) is 1. The van der Waals surface area contributed by atoms with Crippen molar-refractivity contribution in [2.45, 2.75) is 42.9 Å². The van der Waals surface area contributed by atoms with Gasteiger partial charge in [0.1, 0.15) is 5.82 Å². The number of anilines is 1. The quantitative estimate of drug-likeness (QED) is 0.582. The number of esters is 1. The monoisotopic (exact) mass is 504 g/mol. The molecule has 0 unspecified atom stereocenters. The molecule has 2 fully saturated rings. The highest BCUT2D eigenvalue weighted by Gasteiger charge is 2.46. The number of amides is 1. The van der Waals surface area contributed by atoms with E-state index in [0.29, 0.717) is 37.2 Å². The molecule has 1 amide bonds. The van der Waals surface area contributed by atoms with Gasteiger partial charge >= 0.3 is 5.97 Å². The molecule has 1 aliphatic carbocycles. The van der Waals surface area contributed by atoms with Gasteiger partial charge in [0.05, 0.1) is 23.5 Å². The van der Waals surface area contributed by atoms with Crippen LogP contribution in [0.1, 0.15) is 36.8 Å². The van der Waals surface area contributed by atoms with E-state index >= 15 is 0 Å². The van der Waals surface area contributed by atoms with E-state index in [0.717, 1.165) is 12.8 Å². The largest absolute Gasteiger partial charge is 0.455 e. The average Bonchev–Trinajstić information content (AvgIpc) is 3.35. The number of hydrogen-bond acceptors (Lipinski definition) is 6. The Labute approximate surface area is 204 Å². The molecule has 1 heterocycles. The zero-order chi connectivity index (χ0) is 25.1. The van der Waals surface area contributed by atoms with Crippen molar-refractivity contribution in [1.29, 1.82) is 0 Å². The first-order valence-electron chi connectivity index (χ1n) is 11.6. The van der Waals surface area contributed by atoms with E-state index in [9.17, 15) is 22.4 Å². The van der Waals surface area contributed by atoms with Gasteiger partial charge in [-0.2, -0.15) is 4.31 Å². The zero-order valence-electron chi connectivity index (χ0n) is 19.6. The molecule has 10 heteroatoms. The maximum atomic E-state index is 14.5. The molecule has 2 aliphatic rings. The van der Waals surface area contributed by atoms with Crippen molar-refractivity contribution in [1.82, 2.24) is 4.31 Å². The number of nitrogens with one attached hydrogen (secondary N) is 1. The molecule has 4 rings (SSSR count). The molecule has 0 radical (unpaired) electrons. The number of benzene rings is 2. The van der Waals surface area contributed by atoms with Gasteiger partial charge in [-0.15, -0.1) is 0 Å². The number of halogens is 1. The molecule has 35 heavy (non-hydrogen) atoms. The Hall–Kier alpha value is -2.82. The lowest BCUT2D eigenvalue weighted by Gasteiger charge is -2.27. The molecule has 1 N–H and O–H groups in total. The fourth-order valence-electron chi connectivity index (χ4n) is 4.76. The van der Waals surface area contributed by atoms with E-state index in [2.05, 4.69) is 5.32 Å². The predicted octanol–water partition coefficient (Wildman–Crippen LogP) is 3.15. The molecule has 0 aromatic heterocycles. The number of carbonyl (C=O) groups excluding carboxylic acids is 2. The lowest BCUT2D eigenvalue weighted by atomic mass is 9.78. The van der Waals surface area contributed by atoms with Crippen molar-refractivity contribution < 1.29 is 31.9 Å². The highest BCUT2D eigenvalue weighted by molar-refractivity contribution is 7.89. The summed E-state index contributed by atoms with van der Waals surface area (Å²) in [6.45, 7) is 2.30. The first kappa shape index (κ1) is 25.3. The van der Waals surface area contributed by atoms with Crippen LogP contribution in [-0.2, 0) is 34.5 Å². The lowest BCUT2D eigenvalue weighted by molar-refractivity contribution is -0.153. The average molecular weight is 505 g/mol. The van der Waals surface area contributed by atoms with E-state index in [-0.39, 0.29) is 23.7 Å². The van der Waals surface area contributed by atoms with Crippen molar-refractivity contribution in [2.75, 3.05) is 38.2 Å². The Morgan fingerprint density at radius 3 is 2.49 bits per heavy atom. The predicted molar refractivity (Wildman–Crippen MR) is 127 cm³/mol. The van der Waals surface area contributed by atoms with Crippen molar-refractivity contribution in [3.05, 3.63) is 59.4 Å². The number of carbonyl (C=O) groups is 2. The summed E-state index contributed by atoms with van der Waals surface area (Å²) in [7, 11) is -3.75. The molecule has 188 valence electrons. The summed E-state index contributed by atoms with van der Waals surface area (Å²) in [5.74, 6) is -1.71. The number of rotatable bonds is 7. The molecule has 1 saturated heterocycles. The van der Waals surface area contributed by atoms with Crippen LogP contribution in [0.2, 0.25) is 0 Å². The maximum Gasteiger partial charge on any atom is 0.317 e. The van der Waals surface area contributed by atoms with Crippen LogP contribution in [0.25, 0.3) is 0 Å². The fraction of sp³-hybridized carbons (Fsp3) is 0.440. The smallest absolute Gasteiger partial charge is 0.317 e. The minimum Gasteiger partial charge on any atom is -0.455 e. The third-order valence-electron chi connectivity index (χ3n) is 6.63. The van der Waals surface area contributed by atoms with Crippen LogP contribution in [0.4, 0.5) is 10.1 Å². The van der Waals surface area contributed by atoms with Crippen molar-refractivity contribution in [3.63, 3.8) is 0 Å². The second-order valence-corrected chi connectivity index (χ2v) is 10.8. The van der Waals surface area contributed by atoms with Crippen molar-refractivity contribution in [3.8, 4) is 0 Å². The molecule has 2 aromatic carbocycles. The SMILES string of the molecule is Cc1ccc(NC(=O)COC(=O)C2(c3ccccc3F)CCCC2)cc1S(=O)(=O)N1CCOCC1. The maximum absolute atomic E-state index is 14.5. The van der Waals surface area contributed by atoms with E-state index in [1.54, 1.807) is 37.3 Å². The minimum absolute atomic E-state index is 0.0960. The standard InChI is InChI=1S/C25H29FN2O6S/c1-18-8-9-19(16-22(18)35(31,32)28-12-14-33-15-13-28)27-23(29)17-34-24(30)25(10-4-5-11-25)20-6-2-3-7-21(20)26/h2-3,6-9,16H,4-5,10-15,17H2,1H3,(H,27,29). The summed E-state index contributed by atoms with van der Waals surface area (Å²) < 4.78 is 52.5. The number of morpholine rings is 1. The van der Waals surface area contributed by atoms with Crippen molar-refractivity contribution in [2.24, 2.45) is 0 Å². The van der Waals surface area contributed by atoms with E-state index in [4.69, 9.17) is 9.47 Å². The van der Waals surface area contributed by atoms with Crippen LogP contribution in [0.5, 0.6) is 0 Å². The zero-order valence-corrected chi connectivity index (χ0v) is 20.4. The summed E-state index contributed by atoms with van der Waals surface area (Å²) in [5.41, 5.74) is 0.0103. The van der Waals surface area contributed by atoms with Gasteiger partial charge in [0.15, 0.2) is 6.61 Å². The van der Waals surface area contributed by atoms with Gasteiger partial charge < -0.3 is 14.8 Å². The Bertz CT molecular complexity index is 1200. The molecule has 0 spiro atoms. The van der Waals surface area contributed by atoms with Crippen LogP contribution < -0.4 is 5.32 Å². The molecular formula is C25H29FN2O6S. The molecular weight excluding hydrogens is 475 g/mol. The van der Waals surface area contributed by atoms with Gasteiger partial charge in [0.2, 0.25) is 10.0 Å².